The van der Waals surface area contributed by atoms with E-state index in [-0.39, 0.29) is 45.4 Å². The fourth-order valence-corrected chi connectivity index (χ4v) is 2.41. The van der Waals surface area contributed by atoms with E-state index in [9.17, 15) is 0 Å². The van der Waals surface area contributed by atoms with Crippen LogP contribution in [-0.2, 0) is 26.5 Å². The summed E-state index contributed by atoms with van der Waals surface area (Å²) in [4.78, 5) is 9.59. The Hall–Kier alpha value is -0.107. The molecule has 0 bridgehead atoms. The number of hydrogen-bond donors (Lipinski definition) is 0. The second-order valence-corrected chi connectivity index (χ2v) is 24.2. The molecular weight excluding hydrogens is 472 g/mol. The third-order valence-corrected chi connectivity index (χ3v) is 4.37. The van der Waals surface area contributed by atoms with E-state index in [4.69, 9.17) is 19.5 Å². The van der Waals surface area contributed by atoms with Crippen molar-refractivity contribution < 1.29 is 26.5 Å². The topological polar surface area (TPSA) is 43.2 Å². The summed E-state index contributed by atoms with van der Waals surface area (Å²) in [5.41, 5.74) is -0.158. The summed E-state index contributed by atoms with van der Waals surface area (Å²) in [6.45, 7) is 39.7. The molecule has 190 valence electrons. The van der Waals surface area contributed by atoms with E-state index >= 15 is 0 Å². The van der Waals surface area contributed by atoms with Crippen LogP contribution in [0.25, 0.3) is 0 Å². The van der Waals surface area contributed by atoms with Crippen LogP contribution >= 0.6 is 0 Å². The normalized spacial score (nSPS) is 21.5. The zero-order chi connectivity index (χ0) is 25.1. The van der Waals surface area contributed by atoms with Gasteiger partial charge in [0.05, 0.1) is 12.1 Å². The molecule has 0 aliphatic carbocycles. The van der Waals surface area contributed by atoms with Crippen LogP contribution in [0.1, 0.15) is 55.4 Å². The molecule has 0 spiro atoms. The van der Waals surface area contributed by atoms with Crippen molar-refractivity contribution in [2.24, 2.45) is 26.2 Å². The van der Waals surface area contributed by atoms with Gasteiger partial charge in [0.25, 0.3) is 0 Å². The van der Waals surface area contributed by atoms with Gasteiger partial charge in [0.15, 0.2) is 11.8 Å². The van der Waals surface area contributed by atoms with Crippen molar-refractivity contribution in [1.29, 1.82) is 0 Å². The number of nitrogens with zero attached hydrogens (tertiary/aromatic N) is 2. The zero-order valence-electron chi connectivity index (χ0n) is 23.5. The molecule has 0 saturated heterocycles. The van der Waals surface area contributed by atoms with Gasteiger partial charge in [0.2, 0.25) is 0 Å². The molecular formula is C25H52FeN2O2Si2. The maximum atomic E-state index is 5.88. The number of aliphatic imine (C=N–C) groups is 2. The minimum absolute atomic E-state index is 0. The largest absolute Gasteiger partial charge is 2.00 e. The van der Waals surface area contributed by atoms with E-state index in [0.29, 0.717) is 13.2 Å². The Kier molecular flexibility index (Phi) is 12.8. The van der Waals surface area contributed by atoms with Crippen LogP contribution < -0.4 is 0 Å². The average Bonchev–Trinajstić information content (AvgIpc) is 3.13. The second kappa shape index (κ2) is 12.0. The van der Waals surface area contributed by atoms with Crippen LogP contribution in [0.3, 0.4) is 0 Å². The van der Waals surface area contributed by atoms with Crippen LogP contribution in [-0.4, -0.2) is 53.2 Å². The van der Waals surface area contributed by atoms with Gasteiger partial charge in [-0.2, -0.15) is 0 Å². The molecule has 0 radical (unpaired) electrons. The summed E-state index contributed by atoms with van der Waals surface area (Å²) >= 11 is 0. The summed E-state index contributed by atoms with van der Waals surface area (Å²) in [6, 6.07) is 0.402. The fourth-order valence-electron chi connectivity index (χ4n) is 2.41. The molecule has 0 saturated carbocycles. The van der Waals surface area contributed by atoms with E-state index in [1.54, 1.807) is 0 Å². The average molecular weight is 525 g/mol. The van der Waals surface area contributed by atoms with Crippen molar-refractivity contribution in [3.63, 3.8) is 0 Å². The molecule has 4 nitrogen and oxygen atoms in total. The van der Waals surface area contributed by atoms with E-state index in [0.717, 1.165) is 11.8 Å². The van der Waals surface area contributed by atoms with Gasteiger partial charge in [-0.25, -0.2) is 9.98 Å². The smallest absolute Gasteiger partial charge is 0.478 e. The summed E-state index contributed by atoms with van der Waals surface area (Å²) in [6.07, 6.45) is 0. The Bertz CT molecular complexity index is 568. The van der Waals surface area contributed by atoms with E-state index in [2.05, 4.69) is 108 Å². The molecule has 0 aromatic heterocycles. The van der Waals surface area contributed by atoms with Crippen molar-refractivity contribution in [2.45, 2.75) is 107 Å². The molecule has 0 N–H and O–H groups in total. The van der Waals surface area contributed by atoms with Gasteiger partial charge in [-0.3, -0.25) is 0 Å². The van der Waals surface area contributed by atoms with Crippen LogP contribution in [0.5, 0.6) is 0 Å². The van der Waals surface area contributed by atoms with Crippen molar-refractivity contribution in [3.05, 3.63) is 13.1 Å². The molecule has 2 atom stereocenters. The molecule has 2 heterocycles. The predicted molar refractivity (Wildman–Crippen MR) is 144 cm³/mol. The fraction of sp³-hybridized carbons (Fsp3) is 0.840. The van der Waals surface area contributed by atoms with Crippen molar-refractivity contribution in [2.75, 3.05) is 13.2 Å². The standard InChI is InChI=1S/C17H30N2O2.2C4H11Si.Fe/c1-15(2,3)11-9-20-13(18-11)17(7,8)14-19-12(10-21-14)16(4,5)6;2*1-5(2,3)4;/h11-12H,9-10H2,1-8H3;2*1H2,2-4H3;/q;2*-1;+2. The van der Waals surface area contributed by atoms with Gasteiger partial charge >= 0.3 is 17.1 Å². The Morgan fingerprint density at radius 2 is 0.875 bits per heavy atom. The minimum atomic E-state index is -0.861. The Morgan fingerprint density at radius 3 is 1.03 bits per heavy atom. The van der Waals surface area contributed by atoms with Gasteiger partial charge in [-0.05, 0) is 24.7 Å². The minimum Gasteiger partial charge on any atom is -0.478 e. The Labute approximate surface area is 213 Å². The van der Waals surface area contributed by atoms with E-state index in [1.807, 2.05) is 0 Å². The maximum Gasteiger partial charge on any atom is 2.00 e. The molecule has 2 aliphatic heterocycles. The van der Waals surface area contributed by atoms with Crippen LogP contribution in [0, 0.1) is 29.3 Å². The molecule has 2 rings (SSSR count). The van der Waals surface area contributed by atoms with Gasteiger partial charge in [0, 0.05) is 0 Å². The van der Waals surface area contributed by atoms with E-state index in [1.165, 1.54) is 0 Å². The molecule has 7 heteroatoms. The van der Waals surface area contributed by atoms with Crippen molar-refractivity contribution in [3.8, 4) is 0 Å². The molecule has 32 heavy (non-hydrogen) atoms. The molecule has 2 aliphatic rings. The van der Waals surface area contributed by atoms with Gasteiger partial charge in [0.1, 0.15) is 18.6 Å². The number of ether oxygens (including phenoxy) is 2. The summed E-state index contributed by atoms with van der Waals surface area (Å²) in [7, 11) is -1.72. The maximum absolute atomic E-state index is 5.88. The summed E-state index contributed by atoms with van der Waals surface area (Å²) in [5, 5.41) is 0. The summed E-state index contributed by atoms with van der Waals surface area (Å²) < 4.78 is 11.8. The van der Waals surface area contributed by atoms with E-state index < -0.39 is 16.1 Å². The second-order valence-electron chi connectivity index (χ2n) is 14.0. The number of hydrogen-bond acceptors (Lipinski definition) is 4. The Morgan fingerprint density at radius 1 is 0.656 bits per heavy atom. The van der Waals surface area contributed by atoms with Crippen LogP contribution in [0.4, 0.5) is 0 Å². The number of rotatable bonds is 2. The third kappa shape index (κ3) is 14.2. The molecule has 0 aromatic carbocycles. The Balaban J connectivity index is 0. The van der Waals surface area contributed by atoms with Crippen LogP contribution in [0.15, 0.2) is 9.98 Å². The van der Waals surface area contributed by atoms with Gasteiger partial charge < -0.3 is 22.6 Å². The molecule has 2 unspecified atom stereocenters. The quantitative estimate of drug-likeness (QED) is 0.286. The van der Waals surface area contributed by atoms with Crippen molar-refractivity contribution in [1.82, 2.24) is 0 Å². The SMILES string of the molecule is CC(C)(C1=NC(C(C)(C)C)CO1)C1=NC(C(C)(C)C)CO1.[CH2-][Si](C)(C)C.[CH2-][Si](C)(C)C.[Fe+2]. The van der Waals surface area contributed by atoms with Gasteiger partial charge in [-0.15, -0.1) is 16.1 Å². The monoisotopic (exact) mass is 524 g/mol. The molecule has 0 amide bonds. The first-order chi connectivity index (χ1) is 13.4. The first-order valence-corrected chi connectivity index (χ1v) is 19.0. The molecule has 0 fully saturated rings. The van der Waals surface area contributed by atoms with Gasteiger partial charge in [-0.1, -0.05) is 80.8 Å². The first-order valence-electron chi connectivity index (χ1n) is 11.6. The van der Waals surface area contributed by atoms with Crippen molar-refractivity contribution >= 4 is 27.9 Å². The summed E-state index contributed by atoms with van der Waals surface area (Å²) in [5.74, 6) is 1.52. The van der Waals surface area contributed by atoms with Crippen LogP contribution in [0.2, 0.25) is 39.3 Å². The first kappa shape index (κ1) is 34.1. The molecule has 0 aromatic rings. The predicted octanol–water partition coefficient (Wildman–Crippen LogP) is 7.09. The zero-order valence-corrected chi connectivity index (χ0v) is 26.7. The third-order valence-electron chi connectivity index (χ3n) is 4.37.